The van der Waals surface area contributed by atoms with E-state index in [1.165, 1.54) is 11.9 Å². The van der Waals surface area contributed by atoms with Crippen LogP contribution in [0.3, 0.4) is 0 Å². The maximum Gasteiger partial charge on any atom is 0.255 e. The number of nitrogens with one attached hydrogen (secondary N) is 2. The van der Waals surface area contributed by atoms with Crippen LogP contribution in [0.4, 0.5) is 0 Å². The van der Waals surface area contributed by atoms with Crippen molar-refractivity contribution in [2.45, 2.75) is 38.5 Å². The van der Waals surface area contributed by atoms with Gasteiger partial charge in [0.1, 0.15) is 18.1 Å². The highest BCUT2D eigenvalue weighted by atomic mass is 16.5. The minimum atomic E-state index is -0.655. The number of carbonyl (C=O) groups excluding carboxylic acids is 3. The second-order valence-electron chi connectivity index (χ2n) is 5.98. The van der Waals surface area contributed by atoms with Crippen molar-refractivity contribution in [1.82, 2.24) is 15.5 Å². The fourth-order valence-corrected chi connectivity index (χ4v) is 3.54. The first kappa shape index (κ1) is 16.4. The van der Waals surface area contributed by atoms with E-state index in [9.17, 15) is 14.4 Å². The molecule has 1 unspecified atom stereocenters. The van der Waals surface area contributed by atoms with E-state index in [0.717, 1.165) is 28.7 Å². The first-order valence-electron chi connectivity index (χ1n) is 8.00. The summed E-state index contributed by atoms with van der Waals surface area (Å²) in [5.74, 6) is 0.290. The molecule has 2 aliphatic rings. The minimum Gasteiger partial charge on any atom is -0.496 e. The Balaban J connectivity index is 1.98. The minimum absolute atomic E-state index is 0.183. The summed E-state index contributed by atoms with van der Waals surface area (Å²) in [5.41, 5.74) is 3.56. The highest BCUT2D eigenvalue weighted by Gasteiger charge is 2.39. The van der Waals surface area contributed by atoms with Gasteiger partial charge in [0.2, 0.25) is 5.91 Å². The van der Waals surface area contributed by atoms with Crippen molar-refractivity contribution in [2.24, 2.45) is 0 Å². The molecule has 0 aliphatic carbocycles. The molecule has 0 fully saturated rings. The zero-order valence-electron chi connectivity index (χ0n) is 13.8. The third kappa shape index (κ3) is 2.54. The van der Waals surface area contributed by atoms with Crippen molar-refractivity contribution < 1.29 is 19.1 Å². The van der Waals surface area contributed by atoms with Crippen LogP contribution in [-0.4, -0.2) is 43.2 Å². The van der Waals surface area contributed by atoms with Crippen LogP contribution in [0, 0.1) is 0 Å². The molecule has 2 aliphatic heterocycles. The molecule has 0 radical (unpaired) electrons. The van der Waals surface area contributed by atoms with Gasteiger partial charge in [0.15, 0.2) is 0 Å². The molecule has 128 valence electrons. The van der Waals surface area contributed by atoms with Crippen LogP contribution < -0.4 is 15.4 Å². The first-order valence-corrected chi connectivity index (χ1v) is 8.00. The van der Waals surface area contributed by atoms with E-state index in [0.29, 0.717) is 31.6 Å². The number of likely N-dealkylation sites (N-methyl/N-ethyl adjacent to an activating group) is 1. The van der Waals surface area contributed by atoms with Crippen molar-refractivity contribution in [3.63, 3.8) is 0 Å². The molecule has 3 rings (SSSR count). The lowest BCUT2D eigenvalue weighted by atomic mass is 10.00. The van der Waals surface area contributed by atoms with Crippen LogP contribution in [-0.2, 0) is 29.2 Å². The average Bonchev–Trinajstić information content (AvgIpc) is 3.18. The van der Waals surface area contributed by atoms with Crippen molar-refractivity contribution in [3.05, 3.63) is 28.3 Å². The van der Waals surface area contributed by atoms with Crippen molar-refractivity contribution in [3.8, 4) is 5.75 Å². The van der Waals surface area contributed by atoms with Gasteiger partial charge in [-0.15, -0.1) is 0 Å². The maximum atomic E-state index is 12.9. The van der Waals surface area contributed by atoms with E-state index < -0.39 is 6.04 Å². The summed E-state index contributed by atoms with van der Waals surface area (Å²) < 4.78 is 5.57. The molecule has 2 N–H and O–H groups in total. The Labute approximate surface area is 140 Å². The molecule has 0 saturated carbocycles. The lowest BCUT2D eigenvalue weighted by molar-refractivity contribution is -0.125. The Kier molecular flexibility index (Phi) is 4.53. The predicted octanol–water partition coefficient (Wildman–Crippen LogP) is 0.348. The SMILES string of the molecule is CNC(=O)C(CCC=O)N1Cc2c(cc3c(c2OC)CNC3)C1=O. The van der Waals surface area contributed by atoms with Gasteiger partial charge in [-0.2, -0.15) is 0 Å². The smallest absolute Gasteiger partial charge is 0.255 e. The Morgan fingerprint density at radius 3 is 2.92 bits per heavy atom. The largest absolute Gasteiger partial charge is 0.496 e. The Hall–Kier alpha value is -2.41. The third-order valence-electron chi connectivity index (χ3n) is 4.70. The number of methoxy groups -OCH3 is 1. The molecule has 0 saturated heterocycles. The van der Waals surface area contributed by atoms with E-state index in [-0.39, 0.29) is 18.2 Å². The van der Waals surface area contributed by atoms with Crippen molar-refractivity contribution in [2.75, 3.05) is 14.2 Å². The number of hydrogen-bond acceptors (Lipinski definition) is 5. The quantitative estimate of drug-likeness (QED) is 0.735. The summed E-state index contributed by atoms with van der Waals surface area (Å²) in [5, 5.41) is 5.84. The number of ether oxygens (including phenoxy) is 1. The van der Waals surface area contributed by atoms with Gasteiger partial charge >= 0.3 is 0 Å². The number of rotatable bonds is 6. The monoisotopic (exact) mass is 331 g/mol. The van der Waals surface area contributed by atoms with E-state index in [1.54, 1.807) is 7.11 Å². The normalized spacial score (nSPS) is 16.6. The van der Waals surface area contributed by atoms with Crippen LogP contribution >= 0.6 is 0 Å². The molecule has 7 nitrogen and oxygen atoms in total. The lowest BCUT2D eigenvalue weighted by Crippen LogP contribution is -2.46. The predicted molar refractivity (Wildman–Crippen MR) is 86.6 cm³/mol. The second-order valence-corrected chi connectivity index (χ2v) is 5.98. The fourth-order valence-electron chi connectivity index (χ4n) is 3.54. The highest BCUT2D eigenvalue weighted by molar-refractivity contribution is 6.02. The van der Waals surface area contributed by atoms with Gasteiger partial charge in [0.05, 0.1) is 13.7 Å². The van der Waals surface area contributed by atoms with Gasteiger partial charge in [-0.05, 0) is 18.1 Å². The fraction of sp³-hybridized carbons (Fsp3) is 0.471. The number of benzene rings is 1. The van der Waals surface area contributed by atoms with Gasteiger partial charge in [-0.1, -0.05) is 0 Å². The van der Waals surface area contributed by atoms with E-state index in [2.05, 4.69) is 10.6 Å². The molecule has 2 amide bonds. The van der Waals surface area contributed by atoms with Crippen LogP contribution in [0.15, 0.2) is 6.07 Å². The van der Waals surface area contributed by atoms with Crippen LogP contribution in [0.25, 0.3) is 0 Å². The summed E-state index contributed by atoms with van der Waals surface area (Å²) in [6.45, 7) is 1.74. The standard InChI is InChI=1S/C17H21N3O4/c1-18-16(22)14(4-3-5-21)20-9-13-11(17(20)23)6-10-7-19-8-12(10)15(13)24-2/h5-6,14,19H,3-4,7-9H2,1-2H3,(H,18,22). The van der Waals surface area contributed by atoms with Crippen LogP contribution in [0.2, 0.25) is 0 Å². The van der Waals surface area contributed by atoms with E-state index in [1.807, 2.05) is 6.07 Å². The average molecular weight is 331 g/mol. The summed E-state index contributed by atoms with van der Waals surface area (Å²) in [4.78, 5) is 37.3. The van der Waals surface area contributed by atoms with Crippen molar-refractivity contribution in [1.29, 1.82) is 0 Å². The Bertz CT molecular complexity index is 702. The summed E-state index contributed by atoms with van der Waals surface area (Å²) in [7, 11) is 3.13. The number of fused-ring (bicyclic) bond motifs is 2. The van der Waals surface area contributed by atoms with Crippen LogP contribution in [0.5, 0.6) is 5.75 Å². The Morgan fingerprint density at radius 1 is 1.46 bits per heavy atom. The molecule has 24 heavy (non-hydrogen) atoms. The highest BCUT2D eigenvalue weighted by Crippen LogP contribution is 2.39. The van der Waals surface area contributed by atoms with Gasteiger partial charge in [-0.3, -0.25) is 9.59 Å². The molecule has 0 aromatic heterocycles. The first-order chi connectivity index (χ1) is 11.6. The third-order valence-corrected chi connectivity index (χ3v) is 4.70. The molecule has 7 heteroatoms. The van der Waals surface area contributed by atoms with Crippen LogP contribution in [0.1, 0.15) is 39.9 Å². The molecule has 1 aromatic carbocycles. The zero-order valence-corrected chi connectivity index (χ0v) is 13.8. The lowest BCUT2D eigenvalue weighted by Gasteiger charge is -2.25. The number of hydrogen-bond donors (Lipinski definition) is 2. The summed E-state index contributed by atoms with van der Waals surface area (Å²) in [6, 6.07) is 1.24. The number of nitrogens with zero attached hydrogens (tertiary/aromatic N) is 1. The molecular formula is C17H21N3O4. The molecular weight excluding hydrogens is 310 g/mol. The number of amides is 2. The van der Waals surface area contributed by atoms with Gasteiger partial charge < -0.3 is 25.1 Å². The molecule has 2 heterocycles. The molecule has 0 spiro atoms. The molecule has 1 atom stereocenters. The molecule has 0 bridgehead atoms. The Morgan fingerprint density at radius 2 is 2.25 bits per heavy atom. The second kappa shape index (κ2) is 6.60. The molecule has 1 aromatic rings. The summed E-state index contributed by atoms with van der Waals surface area (Å²) >= 11 is 0. The van der Waals surface area contributed by atoms with E-state index >= 15 is 0 Å². The zero-order chi connectivity index (χ0) is 17.3. The van der Waals surface area contributed by atoms with Crippen molar-refractivity contribution >= 4 is 18.1 Å². The maximum absolute atomic E-state index is 12.9. The van der Waals surface area contributed by atoms with Gasteiger partial charge in [0.25, 0.3) is 5.91 Å². The number of aldehydes is 1. The topological polar surface area (TPSA) is 87.7 Å². The summed E-state index contributed by atoms with van der Waals surface area (Å²) in [6.07, 6.45) is 1.31. The number of carbonyl (C=O) groups is 3. The van der Waals surface area contributed by atoms with E-state index in [4.69, 9.17) is 4.74 Å². The van der Waals surface area contributed by atoms with Gasteiger partial charge in [-0.25, -0.2) is 0 Å². The van der Waals surface area contributed by atoms with Gasteiger partial charge in [0, 0.05) is 43.2 Å².